The molecule has 1 amide bonds. The van der Waals surface area contributed by atoms with Gasteiger partial charge in [0.25, 0.3) is 5.91 Å². The molecule has 0 N–H and O–H groups in total. The molecule has 2 aliphatic rings. The first-order chi connectivity index (χ1) is 20.2. The monoisotopic (exact) mass is 572 g/mol. The van der Waals surface area contributed by atoms with Crippen LogP contribution in [0.5, 0.6) is 5.75 Å². The van der Waals surface area contributed by atoms with E-state index >= 15 is 4.39 Å². The van der Waals surface area contributed by atoms with E-state index in [0.717, 1.165) is 78.9 Å². The fourth-order valence-corrected chi connectivity index (χ4v) is 6.13. The number of benzene rings is 3. The predicted octanol–water partition coefficient (Wildman–Crippen LogP) is 5.39. The van der Waals surface area contributed by atoms with E-state index in [4.69, 9.17) is 14.5 Å². The number of fused-ring (bicyclic) bond motifs is 1. The van der Waals surface area contributed by atoms with E-state index in [1.165, 1.54) is 6.07 Å². The van der Waals surface area contributed by atoms with Crippen molar-refractivity contribution in [2.75, 3.05) is 64.1 Å². The highest BCUT2D eigenvalue weighted by molar-refractivity contribution is 7.99. The number of ether oxygens (including phenoxy) is 2. The molecule has 7 nitrogen and oxygen atoms in total. The second kappa shape index (κ2) is 13.0. The summed E-state index contributed by atoms with van der Waals surface area (Å²) in [6.07, 6.45) is 2.72. The molecule has 3 aromatic carbocycles. The van der Waals surface area contributed by atoms with Gasteiger partial charge in [0, 0.05) is 55.4 Å². The van der Waals surface area contributed by atoms with Crippen molar-refractivity contribution in [3.8, 4) is 28.1 Å². The topological polar surface area (TPSA) is 67.8 Å². The number of rotatable bonds is 8. The summed E-state index contributed by atoms with van der Waals surface area (Å²) in [7, 11) is 0. The molecule has 0 radical (unpaired) electrons. The molecule has 0 bridgehead atoms. The van der Waals surface area contributed by atoms with E-state index < -0.39 is 5.82 Å². The van der Waals surface area contributed by atoms with Crippen LogP contribution in [0.25, 0.3) is 33.4 Å². The number of carbonyl (C=O) groups excluding carboxylic acids is 1. The molecular formula is C32H33FN4O3S. The van der Waals surface area contributed by atoms with Crippen molar-refractivity contribution in [3.63, 3.8) is 0 Å². The lowest BCUT2D eigenvalue weighted by Gasteiger charge is -2.26. The van der Waals surface area contributed by atoms with Crippen LogP contribution >= 0.6 is 11.8 Å². The number of amides is 1. The van der Waals surface area contributed by atoms with Crippen molar-refractivity contribution in [3.05, 3.63) is 78.2 Å². The smallest absolute Gasteiger partial charge is 0.256 e. The third kappa shape index (κ3) is 6.53. The molecule has 4 aromatic rings. The summed E-state index contributed by atoms with van der Waals surface area (Å²) in [6, 6.07) is 18.4. The Morgan fingerprint density at radius 2 is 1.76 bits per heavy atom. The van der Waals surface area contributed by atoms with Gasteiger partial charge < -0.3 is 14.4 Å². The molecule has 0 unspecified atom stereocenters. The number of hydrogen-bond acceptors (Lipinski definition) is 7. The van der Waals surface area contributed by atoms with Crippen molar-refractivity contribution in [1.29, 1.82) is 0 Å². The first kappa shape index (κ1) is 27.6. The molecular weight excluding hydrogens is 539 g/mol. The number of morpholine rings is 1. The zero-order chi connectivity index (χ0) is 28.0. The molecule has 0 atom stereocenters. The molecule has 9 heteroatoms. The highest BCUT2D eigenvalue weighted by Gasteiger charge is 2.22. The Kier molecular flexibility index (Phi) is 8.74. The van der Waals surface area contributed by atoms with E-state index in [2.05, 4.69) is 9.88 Å². The molecule has 212 valence electrons. The Bertz CT molecular complexity index is 1510. The lowest BCUT2D eigenvalue weighted by molar-refractivity contribution is 0.0358. The number of thioether (sulfide) groups is 1. The average Bonchev–Trinajstić information content (AvgIpc) is 3.03. The summed E-state index contributed by atoms with van der Waals surface area (Å²) in [5, 5.41) is 0. The number of para-hydroxylation sites is 1. The van der Waals surface area contributed by atoms with Gasteiger partial charge in [0.15, 0.2) is 0 Å². The number of carbonyl (C=O) groups is 1. The molecule has 0 spiro atoms. The Labute approximate surface area is 243 Å². The summed E-state index contributed by atoms with van der Waals surface area (Å²) in [4.78, 5) is 26.6. The van der Waals surface area contributed by atoms with Gasteiger partial charge >= 0.3 is 0 Å². The van der Waals surface area contributed by atoms with E-state index in [1.54, 1.807) is 23.2 Å². The van der Waals surface area contributed by atoms with Gasteiger partial charge in [0.05, 0.1) is 48.3 Å². The van der Waals surface area contributed by atoms with Gasteiger partial charge in [0.1, 0.15) is 11.6 Å². The zero-order valence-corrected chi connectivity index (χ0v) is 23.7. The Balaban J connectivity index is 1.17. The fraction of sp³-hybridized carbons (Fsp3) is 0.344. The first-order valence-corrected chi connectivity index (χ1v) is 15.3. The number of aromatic nitrogens is 2. The quantitative estimate of drug-likeness (QED) is 0.262. The lowest BCUT2D eigenvalue weighted by atomic mass is 10.0. The van der Waals surface area contributed by atoms with Crippen LogP contribution in [0.4, 0.5) is 4.39 Å². The molecule has 41 heavy (non-hydrogen) atoms. The normalized spacial score (nSPS) is 16.2. The predicted molar refractivity (Wildman–Crippen MR) is 161 cm³/mol. The molecule has 6 rings (SSSR count). The van der Waals surface area contributed by atoms with Crippen molar-refractivity contribution in [1.82, 2.24) is 19.8 Å². The third-order valence-electron chi connectivity index (χ3n) is 7.52. The molecule has 0 aliphatic carbocycles. The first-order valence-electron chi connectivity index (χ1n) is 14.1. The molecule has 3 heterocycles. The standard InChI is InChI=1S/C32H33FN4O3S/c33-28-21-24(7-10-27(28)32(38)37-14-19-41-20-15-37)26-3-1-4-29-31(26)35-30(22-34-29)23-5-8-25(9-6-23)40-16-2-11-36-12-17-39-18-13-36/h1,3-10,21-22H,2,11-20H2. The van der Waals surface area contributed by atoms with Crippen LogP contribution in [0.2, 0.25) is 0 Å². The number of nitrogens with zero attached hydrogens (tertiary/aromatic N) is 4. The van der Waals surface area contributed by atoms with Crippen LogP contribution in [0, 0.1) is 5.82 Å². The second-order valence-corrected chi connectivity index (χ2v) is 11.4. The van der Waals surface area contributed by atoms with Crippen LogP contribution in [0.3, 0.4) is 0 Å². The van der Waals surface area contributed by atoms with Gasteiger partial charge in [-0.2, -0.15) is 11.8 Å². The highest BCUT2D eigenvalue weighted by atomic mass is 32.2. The van der Waals surface area contributed by atoms with Crippen molar-refractivity contribution in [2.45, 2.75) is 6.42 Å². The van der Waals surface area contributed by atoms with Crippen LogP contribution in [-0.2, 0) is 4.74 Å². The summed E-state index contributed by atoms with van der Waals surface area (Å²) in [5.74, 6) is 1.81. The molecule has 1 aromatic heterocycles. The molecule has 2 aliphatic heterocycles. The van der Waals surface area contributed by atoms with Crippen LogP contribution in [0.1, 0.15) is 16.8 Å². The van der Waals surface area contributed by atoms with Crippen molar-refractivity contribution >= 4 is 28.7 Å². The van der Waals surface area contributed by atoms with Crippen LogP contribution < -0.4 is 4.74 Å². The zero-order valence-electron chi connectivity index (χ0n) is 22.9. The fourth-order valence-electron chi connectivity index (χ4n) is 5.22. The SMILES string of the molecule is O=C(c1ccc(-c2cccc3ncc(-c4ccc(OCCCN5CCOCC5)cc4)nc23)cc1F)N1CCSCC1. The number of hydrogen-bond donors (Lipinski definition) is 0. The Morgan fingerprint density at radius 1 is 0.976 bits per heavy atom. The second-order valence-electron chi connectivity index (χ2n) is 10.2. The average molecular weight is 573 g/mol. The van der Waals surface area contributed by atoms with E-state index in [0.29, 0.717) is 30.8 Å². The Morgan fingerprint density at radius 3 is 2.54 bits per heavy atom. The van der Waals surface area contributed by atoms with Gasteiger partial charge in [0.2, 0.25) is 0 Å². The van der Waals surface area contributed by atoms with E-state index in [1.807, 2.05) is 54.2 Å². The van der Waals surface area contributed by atoms with Crippen LogP contribution in [-0.4, -0.2) is 89.7 Å². The summed E-state index contributed by atoms with van der Waals surface area (Å²) >= 11 is 1.81. The van der Waals surface area contributed by atoms with E-state index in [-0.39, 0.29) is 11.5 Å². The maximum absolute atomic E-state index is 15.2. The number of halogens is 1. The third-order valence-corrected chi connectivity index (χ3v) is 8.47. The van der Waals surface area contributed by atoms with Gasteiger partial charge in [-0.25, -0.2) is 9.37 Å². The molecule has 0 saturated carbocycles. The van der Waals surface area contributed by atoms with E-state index in [9.17, 15) is 4.79 Å². The van der Waals surface area contributed by atoms with Crippen molar-refractivity contribution < 1.29 is 18.7 Å². The highest BCUT2D eigenvalue weighted by Crippen LogP contribution is 2.30. The lowest BCUT2D eigenvalue weighted by Crippen LogP contribution is -2.38. The summed E-state index contributed by atoms with van der Waals surface area (Å²) < 4.78 is 26.6. The maximum Gasteiger partial charge on any atom is 0.256 e. The van der Waals surface area contributed by atoms with Crippen molar-refractivity contribution in [2.24, 2.45) is 0 Å². The summed E-state index contributed by atoms with van der Waals surface area (Å²) in [6.45, 7) is 6.56. The van der Waals surface area contributed by atoms with Crippen LogP contribution in [0.15, 0.2) is 66.9 Å². The van der Waals surface area contributed by atoms with Gasteiger partial charge in [-0.05, 0) is 54.4 Å². The van der Waals surface area contributed by atoms with Gasteiger partial charge in [-0.3, -0.25) is 14.7 Å². The van der Waals surface area contributed by atoms with Gasteiger partial charge in [-0.1, -0.05) is 18.2 Å². The minimum atomic E-state index is -0.521. The minimum Gasteiger partial charge on any atom is -0.494 e. The maximum atomic E-state index is 15.2. The Hall–Kier alpha value is -3.53. The molecule has 2 fully saturated rings. The summed E-state index contributed by atoms with van der Waals surface area (Å²) in [5.41, 5.74) is 4.57. The minimum absolute atomic E-state index is 0.107. The molecule has 2 saturated heterocycles. The van der Waals surface area contributed by atoms with Gasteiger partial charge in [-0.15, -0.1) is 0 Å². The largest absolute Gasteiger partial charge is 0.494 e.